The van der Waals surface area contributed by atoms with Gasteiger partial charge in [-0.3, -0.25) is 4.79 Å². The van der Waals surface area contributed by atoms with Gasteiger partial charge in [0.05, 0.1) is 0 Å². The maximum Gasteiger partial charge on any atom is 0.323 e. The number of carboxylic acid groups (broad SMARTS) is 1. The van der Waals surface area contributed by atoms with Crippen LogP contribution in [0.25, 0.3) is 0 Å². The Morgan fingerprint density at radius 2 is 2.00 bits per heavy atom. The van der Waals surface area contributed by atoms with E-state index in [0.29, 0.717) is 13.1 Å². The van der Waals surface area contributed by atoms with Crippen molar-refractivity contribution in [3.63, 3.8) is 0 Å². The van der Waals surface area contributed by atoms with Crippen molar-refractivity contribution in [3.05, 3.63) is 11.6 Å². The Kier molecular flexibility index (Phi) is 7.00. The number of rotatable bonds is 6. The van der Waals surface area contributed by atoms with Gasteiger partial charge in [-0.2, -0.15) is 0 Å². The molecule has 0 heterocycles. The molecule has 0 aliphatic heterocycles. The van der Waals surface area contributed by atoms with Gasteiger partial charge >= 0.3 is 12.0 Å². The first kappa shape index (κ1) is 14.5. The number of carbonyl (C=O) groups is 2. The molecular weight excluding hydrogens is 208 g/mol. The van der Waals surface area contributed by atoms with E-state index in [1.165, 1.54) is 4.90 Å². The van der Waals surface area contributed by atoms with Gasteiger partial charge in [-0.1, -0.05) is 18.6 Å². The van der Waals surface area contributed by atoms with E-state index in [2.05, 4.69) is 5.32 Å². The summed E-state index contributed by atoms with van der Waals surface area (Å²) in [4.78, 5) is 23.4. The second-order valence-corrected chi connectivity index (χ2v) is 3.78. The predicted molar refractivity (Wildman–Crippen MR) is 62.3 cm³/mol. The standard InChI is InChI=1S/C11H20N2O3/c1-4-7-13(8-10(14)15)11(16)12-6-5-9(2)3/h5H,4,6-8H2,1-3H3,(H,12,16)(H,14,15). The molecule has 0 saturated carbocycles. The van der Waals surface area contributed by atoms with Crippen LogP contribution in [0, 0.1) is 0 Å². The van der Waals surface area contributed by atoms with Gasteiger partial charge in [0.15, 0.2) is 0 Å². The van der Waals surface area contributed by atoms with E-state index < -0.39 is 5.97 Å². The second kappa shape index (κ2) is 7.73. The molecule has 16 heavy (non-hydrogen) atoms. The highest BCUT2D eigenvalue weighted by Gasteiger charge is 2.14. The Balaban J connectivity index is 4.16. The summed E-state index contributed by atoms with van der Waals surface area (Å²) in [5.74, 6) is -0.995. The molecule has 5 nitrogen and oxygen atoms in total. The summed E-state index contributed by atoms with van der Waals surface area (Å²) >= 11 is 0. The third-order valence-electron chi connectivity index (χ3n) is 1.87. The number of carbonyl (C=O) groups excluding carboxylic acids is 1. The molecule has 92 valence electrons. The number of allylic oxidation sites excluding steroid dienone is 1. The Bertz CT molecular complexity index is 270. The van der Waals surface area contributed by atoms with Crippen LogP contribution in [0.15, 0.2) is 11.6 Å². The minimum Gasteiger partial charge on any atom is -0.480 e. The average molecular weight is 228 g/mol. The van der Waals surface area contributed by atoms with Gasteiger partial charge in [-0.05, 0) is 20.3 Å². The summed E-state index contributed by atoms with van der Waals surface area (Å²) < 4.78 is 0. The van der Waals surface area contributed by atoms with Gasteiger partial charge in [0.1, 0.15) is 6.54 Å². The van der Waals surface area contributed by atoms with E-state index >= 15 is 0 Å². The molecule has 0 aromatic rings. The number of urea groups is 1. The zero-order chi connectivity index (χ0) is 12.6. The van der Waals surface area contributed by atoms with Gasteiger partial charge in [0, 0.05) is 13.1 Å². The molecule has 0 aromatic heterocycles. The molecule has 0 radical (unpaired) electrons. The van der Waals surface area contributed by atoms with Gasteiger partial charge in [-0.15, -0.1) is 0 Å². The van der Waals surface area contributed by atoms with Crippen molar-refractivity contribution in [3.8, 4) is 0 Å². The van der Waals surface area contributed by atoms with E-state index in [-0.39, 0.29) is 12.6 Å². The molecule has 2 N–H and O–H groups in total. The molecule has 0 atom stereocenters. The normalized spacial score (nSPS) is 9.44. The molecule has 0 unspecified atom stereocenters. The first-order chi connectivity index (χ1) is 7.47. The summed E-state index contributed by atoms with van der Waals surface area (Å²) in [6, 6.07) is -0.332. The monoisotopic (exact) mass is 228 g/mol. The molecule has 0 aromatic carbocycles. The van der Waals surface area contributed by atoms with Crippen molar-refractivity contribution in [1.29, 1.82) is 0 Å². The van der Waals surface area contributed by atoms with Crippen LogP contribution in [0.1, 0.15) is 27.2 Å². The maximum atomic E-state index is 11.6. The van der Waals surface area contributed by atoms with Gasteiger partial charge in [-0.25, -0.2) is 4.79 Å². The summed E-state index contributed by atoms with van der Waals surface area (Å²) in [6.07, 6.45) is 2.62. The van der Waals surface area contributed by atoms with Crippen molar-refractivity contribution >= 4 is 12.0 Å². The van der Waals surface area contributed by atoms with Crippen LogP contribution in [0.4, 0.5) is 4.79 Å². The third-order valence-corrected chi connectivity index (χ3v) is 1.87. The minimum absolute atomic E-state index is 0.255. The Morgan fingerprint density at radius 1 is 1.38 bits per heavy atom. The van der Waals surface area contributed by atoms with Crippen LogP contribution in [0.3, 0.4) is 0 Å². The fourth-order valence-electron chi connectivity index (χ4n) is 1.14. The number of hydrogen-bond acceptors (Lipinski definition) is 2. The fourth-order valence-corrected chi connectivity index (χ4v) is 1.14. The number of nitrogens with zero attached hydrogens (tertiary/aromatic N) is 1. The van der Waals surface area contributed by atoms with Gasteiger partial charge < -0.3 is 15.3 Å². The van der Waals surface area contributed by atoms with E-state index in [1.54, 1.807) is 0 Å². The lowest BCUT2D eigenvalue weighted by Gasteiger charge is -2.19. The Labute approximate surface area is 96.1 Å². The van der Waals surface area contributed by atoms with Gasteiger partial charge in [0.2, 0.25) is 0 Å². The van der Waals surface area contributed by atoms with E-state index in [1.807, 2.05) is 26.8 Å². The lowest BCUT2D eigenvalue weighted by molar-refractivity contribution is -0.137. The molecule has 2 amide bonds. The van der Waals surface area contributed by atoms with Crippen LogP contribution in [0.2, 0.25) is 0 Å². The van der Waals surface area contributed by atoms with Crippen molar-refractivity contribution in [2.45, 2.75) is 27.2 Å². The number of carboxylic acids is 1. The predicted octanol–water partition coefficient (Wildman–Crippen LogP) is 1.46. The Hall–Kier alpha value is -1.52. The lowest BCUT2D eigenvalue weighted by Crippen LogP contribution is -2.43. The van der Waals surface area contributed by atoms with Crippen molar-refractivity contribution in [1.82, 2.24) is 10.2 Å². The largest absolute Gasteiger partial charge is 0.480 e. The highest BCUT2D eigenvalue weighted by atomic mass is 16.4. The third kappa shape index (κ3) is 6.86. The first-order valence-corrected chi connectivity index (χ1v) is 5.35. The molecule has 0 rings (SSSR count). The molecule has 0 aliphatic rings. The molecule has 0 fully saturated rings. The van der Waals surface area contributed by atoms with Crippen LogP contribution >= 0.6 is 0 Å². The van der Waals surface area contributed by atoms with Crippen LogP contribution < -0.4 is 5.32 Å². The number of amides is 2. The first-order valence-electron chi connectivity index (χ1n) is 5.35. The Morgan fingerprint density at radius 3 is 2.44 bits per heavy atom. The van der Waals surface area contributed by atoms with Crippen molar-refractivity contribution in [2.24, 2.45) is 0 Å². The number of aliphatic carboxylic acids is 1. The highest BCUT2D eigenvalue weighted by Crippen LogP contribution is 1.93. The molecule has 5 heteroatoms. The van der Waals surface area contributed by atoms with Crippen molar-refractivity contribution in [2.75, 3.05) is 19.6 Å². The molecule has 0 spiro atoms. The molecule has 0 bridgehead atoms. The SMILES string of the molecule is CCCN(CC(=O)O)C(=O)NCC=C(C)C. The highest BCUT2D eigenvalue weighted by molar-refractivity contribution is 5.80. The number of nitrogens with one attached hydrogen (secondary N) is 1. The lowest BCUT2D eigenvalue weighted by atomic mass is 10.3. The molecular formula is C11H20N2O3. The minimum atomic E-state index is -0.995. The quantitative estimate of drug-likeness (QED) is 0.676. The number of hydrogen-bond donors (Lipinski definition) is 2. The molecule has 0 saturated heterocycles. The van der Waals surface area contributed by atoms with Crippen molar-refractivity contribution < 1.29 is 14.7 Å². The van der Waals surface area contributed by atoms with E-state index in [4.69, 9.17) is 5.11 Å². The van der Waals surface area contributed by atoms with E-state index in [9.17, 15) is 9.59 Å². The smallest absolute Gasteiger partial charge is 0.323 e. The zero-order valence-electron chi connectivity index (χ0n) is 10.1. The maximum absolute atomic E-state index is 11.6. The fraction of sp³-hybridized carbons (Fsp3) is 0.636. The van der Waals surface area contributed by atoms with Crippen LogP contribution in [-0.2, 0) is 4.79 Å². The average Bonchev–Trinajstić information content (AvgIpc) is 2.15. The van der Waals surface area contributed by atoms with Gasteiger partial charge in [0.25, 0.3) is 0 Å². The van der Waals surface area contributed by atoms with E-state index in [0.717, 1.165) is 12.0 Å². The molecule has 0 aliphatic carbocycles. The zero-order valence-corrected chi connectivity index (χ0v) is 10.1. The second-order valence-electron chi connectivity index (χ2n) is 3.78. The summed E-state index contributed by atoms with van der Waals surface area (Å²) in [7, 11) is 0. The summed E-state index contributed by atoms with van der Waals surface area (Å²) in [5.41, 5.74) is 1.11. The van der Waals surface area contributed by atoms with Crippen LogP contribution in [-0.4, -0.2) is 41.6 Å². The van der Waals surface area contributed by atoms with Crippen LogP contribution in [0.5, 0.6) is 0 Å². The summed E-state index contributed by atoms with van der Waals surface area (Å²) in [6.45, 7) is 6.40. The topological polar surface area (TPSA) is 69.6 Å². The summed E-state index contributed by atoms with van der Waals surface area (Å²) in [5, 5.41) is 11.3.